The van der Waals surface area contributed by atoms with Crippen molar-refractivity contribution in [3.05, 3.63) is 58.4 Å². The van der Waals surface area contributed by atoms with Crippen LogP contribution in [0.4, 0.5) is 5.69 Å². The average Bonchev–Trinajstić information content (AvgIpc) is 2.98. The molecule has 0 bridgehead atoms. The van der Waals surface area contributed by atoms with E-state index < -0.39 is 4.92 Å². The van der Waals surface area contributed by atoms with Crippen molar-refractivity contribution in [1.82, 2.24) is 9.99 Å². The smallest absolute Gasteiger partial charge is 0.287 e. The van der Waals surface area contributed by atoms with Crippen LogP contribution in [0.15, 0.2) is 47.7 Å². The Hall–Kier alpha value is -2.96. The summed E-state index contributed by atoms with van der Waals surface area (Å²) in [6.07, 6.45) is 4.97. The van der Waals surface area contributed by atoms with E-state index in [1.165, 1.54) is 18.5 Å². The third kappa shape index (κ3) is 4.50. The molecule has 0 saturated carbocycles. The molecule has 0 atom stereocenters. The van der Waals surface area contributed by atoms with Gasteiger partial charge in [-0.2, -0.15) is 5.10 Å². The van der Waals surface area contributed by atoms with E-state index in [-0.39, 0.29) is 11.6 Å². The number of hydrogen-bond acceptors (Lipinski definition) is 4. The minimum absolute atomic E-state index is 0.0346. The summed E-state index contributed by atoms with van der Waals surface area (Å²) in [5, 5.41) is 14.9. The number of benzene rings is 1. The topological polar surface area (TPSA) is 89.5 Å². The summed E-state index contributed by atoms with van der Waals surface area (Å²) in [5.41, 5.74) is 3.69. The monoisotopic (exact) mass is 314 g/mol. The molecule has 0 aliphatic heterocycles. The zero-order valence-corrected chi connectivity index (χ0v) is 12.8. The molecule has 0 spiro atoms. The number of nitrogens with one attached hydrogen (secondary N) is 1. The van der Waals surface area contributed by atoms with E-state index in [1.807, 2.05) is 37.3 Å². The third-order valence-corrected chi connectivity index (χ3v) is 3.22. The van der Waals surface area contributed by atoms with Gasteiger partial charge in [0.25, 0.3) is 5.69 Å². The Labute approximate surface area is 133 Å². The lowest BCUT2D eigenvalue weighted by molar-refractivity contribution is -0.384. The van der Waals surface area contributed by atoms with Crippen molar-refractivity contribution in [2.24, 2.45) is 5.10 Å². The van der Waals surface area contributed by atoms with Gasteiger partial charge in [0.2, 0.25) is 5.91 Å². The highest BCUT2D eigenvalue weighted by atomic mass is 16.6. The van der Waals surface area contributed by atoms with Crippen LogP contribution in [0.1, 0.15) is 31.9 Å². The third-order valence-electron chi connectivity index (χ3n) is 3.22. The molecule has 7 heteroatoms. The van der Waals surface area contributed by atoms with Gasteiger partial charge in [0.15, 0.2) is 0 Å². The molecule has 0 unspecified atom stereocenters. The number of rotatable bonds is 7. The maximum Gasteiger partial charge on any atom is 0.287 e. The van der Waals surface area contributed by atoms with Crippen molar-refractivity contribution >= 4 is 17.8 Å². The van der Waals surface area contributed by atoms with Crippen LogP contribution >= 0.6 is 0 Å². The molecule has 1 aromatic heterocycles. The fraction of sp³-hybridized carbons (Fsp3) is 0.250. The summed E-state index contributed by atoms with van der Waals surface area (Å²) in [6, 6.07) is 10.6. The van der Waals surface area contributed by atoms with Crippen LogP contribution in [0.2, 0.25) is 0 Å². The Morgan fingerprint density at radius 1 is 1.39 bits per heavy atom. The summed E-state index contributed by atoms with van der Waals surface area (Å²) in [6.45, 7) is 2.00. The molecule has 0 radical (unpaired) electrons. The van der Waals surface area contributed by atoms with Gasteiger partial charge in [-0.25, -0.2) is 5.43 Å². The Morgan fingerprint density at radius 3 is 2.78 bits per heavy atom. The van der Waals surface area contributed by atoms with Crippen LogP contribution in [-0.2, 0) is 4.79 Å². The van der Waals surface area contributed by atoms with Crippen LogP contribution in [0.3, 0.4) is 0 Å². The first kappa shape index (κ1) is 16.4. The molecule has 2 rings (SSSR count). The highest BCUT2D eigenvalue weighted by Crippen LogP contribution is 2.19. The second-order valence-corrected chi connectivity index (χ2v) is 4.98. The number of carbonyl (C=O) groups is 1. The summed E-state index contributed by atoms with van der Waals surface area (Å²) in [7, 11) is 0. The number of hydrazone groups is 1. The molecule has 0 fully saturated rings. The number of para-hydroxylation sites is 1. The second-order valence-electron chi connectivity index (χ2n) is 4.98. The van der Waals surface area contributed by atoms with Gasteiger partial charge in [0.1, 0.15) is 0 Å². The summed E-state index contributed by atoms with van der Waals surface area (Å²) in [4.78, 5) is 22.0. The minimum Gasteiger partial charge on any atom is -0.309 e. The molecule has 120 valence electrons. The van der Waals surface area contributed by atoms with Crippen LogP contribution < -0.4 is 5.43 Å². The molecule has 7 nitrogen and oxygen atoms in total. The number of amides is 1. The molecule has 0 aliphatic rings. The van der Waals surface area contributed by atoms with Crippen molar-refractivity contribution in [2.45, 2.75) is 26.2 Å². The molecule has 0 aliphatic carbocycles. The molecule has 1 aromatic carbocycles. The maximum absolute atomic E-state index is 11.5. The van der Waals surface area contributed by atoms with Crippen molar-refractivity contribution in [1.29, 1.82) is 0 Å². The Bertz CT molecular complexity index is 707. The van der Waals surface area contributed by atoms with Gasteiger partial charge in [0.05, 0.1) is 23.0 Å². The Morgan fingerprint density at radius 2 is 2.13 bits per heavy atom. The zero-order chi connectivity index (χ0) is 16.7. The van der Waals surface area contributed by atoms with Crippen molar-refractivity contribution in [3.8, 4) is 5.69 Å². The SMILES string of the molecule is CCCCC(=O)N/N=C/c1cc([N+](=O)[O-])cn1-c1ccccc1. The van der Waals surface area contributed by atoms with Gasteiger partial charge in [-0.3, -0.25) is 14.9 Å². The highest BCUT2D eigenvalue weighted by Gasteiger charge is 2.13. The van der Waals surface area contributed by atoms with E-state index >= 15 is 0 Å². The van der Waals surface area contributed by atoms with Crippen LogP contribution in [0.5, 0.6) is 0 Å². The number of carbonyl (C=O) groups excluding carboxylic acids is 1. The fourth-order valence-corrected chi connectivity index (χ4v) is 2.04. The maximum atomic E-state index is 11.5. The molecular weight excluding hydrogens is 296 g/mol. The normalized spacial score (nSPS) is 10.8. The van der Waals surface area contributed by atoms with Crippen molar-refractivity contribution in [2.75, 3.05) is 0 Å². The fourth-order valence-electron chi connectivity index (χ4n) is 2.04. The first-order valence-corrected chi connectivity index (χ1v) is 7.36. The first-order chi connectivity index (χ1) is 11.1. The lowest BCUT2D eigenvalue weighted by Crippen LogP contribution is -2.17. The molecule has 2 aromatic rings. The van der Waals surface area contributed by atoms with E-state index in [0.29, 0.717) is 12.1 Å². The van der Waals surface area contributed by atoms with Gasteiger partial charge in [-0.05, 0) is 18.6 Å². The molecule has 0 saturated heterocycles. The zero-order valence-electron chi connectivity index (χ0n) is 12.8. The lowest BCUT2D eigenvalue weighted by Gasteiger charge is -2.04. The van der Waals surface area contributed by atoms with Crippen LogP contribution in [0, 0.1) is 10.1 Å². The predicted octanol–water partition coefficient (Wildman–Crippen LogP) is 3.03. The molecule has 23 heavy (non-hydrogen) atoms. The number of unbranched alkanes of at least 4 members (excludes halogenated alkanes) is 1. The largest absolute Gasteiger partial charge is 0.309 e. The summed E-state index contributed by atoms with van der Waals surface area (Å²) >= 11 is 0. The van der Waals surface area contributed by atoms with Gasteiger partial charge < -0.3 is 4.57 Å². The van der Waals surface area contributed by atoms with E-state index in [4.69, 9.17) is 0 Å². The van der Waals surface area contributed by atoms with Crippen molar-refractivity contribution < 1.29 is 9.72 Å². The molecule has 1 heterocycles. The Kier molecular flexibility index (Phi) is 5.62. The standard InChI is InChI=1S/C16H18N4O3/c1-2-3-9-16(21)18-17-11-14-10-15(20(22)23)12-19(14)13-7-5-4-6-8-13/h4-8,10-12H,2-3,9H2,1H3,(H,18,21)/b17-11+. The summed E-state index contributed by atoms with van der Waals surface area (Å²) < 4.78 is 1.65. The van der Waals surface area contributed by atoms with E-state index in [1.54, 1.807) is 4.57 Å². The van der Waals surface area contributed by atoms with Crippen molar-refractivity contribution in [3.63, 3.8) is 0 Å². The van der Waals surface area contributed by atoms with Gasteiger partial charge >= 0.3 is 0 Å². The molecular formula is C16H18N4O3. The highest BCUT2D eigenvalue weighted by molar-refractivity contribution is 5.82. The van der Waals surface area contributed by atoms with Crippen LogP contribution in [0.25, 0.3) is 5.69 Å². The molecule has 1 N–H and O–H groups in total. The van der Waals surface area contributed by atoms with E-state index in [9.17, 15) is 14.9 Å². The first-order valence-electron chi connectivity index (χ1n) is 7.36. The molecule has 1 amide bonds. The number of hydrogen-bond donors (Lipinski definition) is 1. The van der Waals surface area contributed by atoms with Crippen LogP contribution in [-0.4, -0.2) is 21.6 Å². The second kappa shape index (κ2) is 7.88. The van der Waals surface area contributed by atoms with Gasteiger partial charge in [-0.15, -0.1) is 0 Å². The van der Waals surface area contributed by atoms with Gasteiger partial charge in [-0.1, -0.05) is 31.5 Å². The van der Waals surface area contributed by atoms with Gasteiger partial charge in [0, 0.05) is 18.2 Å². The lowest BCUT2D eigenvalue weighted by atomic mass is 10.2. The quantitative estimate of drug-likeness (QED) is 0.484. The number of nitrogens with zero attached hydrogens (tertiary/aromatic N) is 3. The predicted molar refractivity (Wildman–Crippen MR) is 87.7 cm³/mol. The van der Waals surface area contributed by atoms with E-state index in [0.717, 1.165) is 18.5 Å². The number of nitro groups is 1. The number of aromatic nitrogens is 1. The average molecular weight is 314 g/mol. The Balaban J connectivity index is 2.20. The summed E-state index contributed by atoms with van der Waals surface area (Å²) in [5.74, 6) is -0.171. The minimum atomic E-state index is -0.462. The van der Waals surface area contributed by atoms with E-state index in [2.05, 4.69) is 10.5 Å².